The van der Waals surface area contributed by atoms with Gasteiger partial charge in [0.25, 0.3) is 0 Å². The Morgan fingerprint density at radius 2 is 1.77 bits per heavy atom. The smallest absolute Gasteiger partial charge is 0.318 e. The van der Waals surface area contributed by atoms with Crippen LogP contribution in [-0.2, 0) is 4.79 Å². The van der Waals surface area contributed by atoms with Gasteiger partial charge in [-0.2, -0.15) is 0 Å². The van der Waals surface area contributed by atoms with Crippen LogP contribution in [0.1, 0.15) is 52.4 Å². The van der Waals surface area contributed by atoms with Crippen LogP contribution in [0, 0.1) is 5.41 Å². The number of ketones is 1. The van der Waals surface area contributed by atoms with Gasteiger partial charge in [-0.3, -0.25) is 4.79 Å². The summed E-state index contributed by atoms with van der Waals surface area (Å²) < 4.78 is 0. The van der Waals surface area contributed by atoms with Gasteiger partial charge in [0.2, 0.25) is 0 Å². The summed E-state index contributed by atoms with van der Waals surface area (Å²) in [6.07, 6.45) is 5.82. The van der Waals surface area contributed by atoms with Crippen molar-refractivity contribution in [2.24, 2.45) is 5.41 Å². The van der Waals surface area contributed by atoms with Crippen molar-refractivity contribution in [2.45, 2.75) is 64.0 Å². The molecular weight excluding hydrogens is 278 g/mol. The van der Waals surface area contributed by atoms with Gasteiger partial charge < -0.3 is 15.1 Å². The standard InChI is InChI=1S/C17H29N3O2/c1-13(21)16(2)6-4-14(5-7-16)20-12-17(18-15(20)22)8-10-19(3)11-9-17/h14H,4-12H2,1-3H3,(H,18,22)/t14-,16-. The second-order valence-electron chi connectivity index (χ2n) is 7.99. The van der Waals surface area contributed by atoms with Crippen LogP contribution in [0.3, 0.4) is 0 Å². The highest BCUT2D eigenvalue weighted by molar-refractivity contribution is 5.82. The van der Waals surface area contributed by atoms with Crippen LogP contribution in [0.2, 0.25) is 0 Å². The molecule has 0 aromatic rings. The van der Waals surface area contributed by atoms with E-state index in [1.54, 1.807) is 6.92 Å². The van der Waals surface area contributed by atoms with Crippen molar-refractivity contribution in [1.29, 1.82) is 0 Å². The van der Waals surface area contributed by atoms with Gasteiger partial charge in [0.15, 0.2) is 0 Å². The number of hydrogen-bond acceptors (Lipinski definition) is 3. The summed E-state index contributed by atoms with van der Waals surface area (Å²) in [7, 11) is 2.14. The first kappa shape index (κ1) is 15.8. The first-order chi connectivity index (χ1) is 10.3. The minimum Gasteiger partial charge on any atom is -0.331 e. The molecule has 0 aromatic carbocycles. The fourth-order valence-corrected chi connectivity index (χ4v) is 4.26. The topological polar surface area (TPSA) is 52.7 Å². The SMILES string of the molecule is CC(=O)[C@]1(C)CC[C@@H](N2CC3(CCN(C)CC3)NC2=O)CC1. The molecule has 124 valence electrons. The van der Waals surface area contributed by atoms with Crippen molar-refractivity contribution in [3.05, 3.63) is 0 Å². The molecule has 2 heterocycles. The second kappa shape index (κ2) is 5.52. The first-order valence-corrected chi connectivity index (χ1v) is 8.62. The molecule has 3 aliphatic rings. The molecule has 2 aliphatic heterocycles. The quantitative estimate of drug-likeness (QED) is 0.849. The molecular formula is C17H29N3O2. The van der Waals surface area contributed by atoms with E-state index in [2.05, 4.69) is 29.1 Å². The van der Waals surface area contributed by atoms with Crippen molar-refractivity contribution in [1.82, 2.24) is 15.1 Å². The lowest BCUT2D eigenvalue weighted by atomic mass is 9.71. The summed E-state index contributed by atoms with van der Waals surface area (Å²) in [5.41, 5.74) is -0.178. The Labute approximate surface area is 133 Å². The highest BCUT2D eigenvalue weighted by Crippen LogP contribution is 2.40. The van der Waals surface area contributed by atoms with Crippen molar-refractivity contribution >= 4 is 11.8 Å². The molecule has 0 atom stereocenters. The predicted octanol–water partition coefficient (Wildman–Crippen LogP) is 2.01. The zero-order chi connectivity index (χ0) is 16.0. The number of nitrogens with zero attached hydrogens (tertiary/aromatic N) is 2. The van der Waals surface area contributed by atoms with Gasteiger partial charge in [-0.15, -0.1) is 0 Å². The minimum atomic E-state index is -0.169. The van der Waals surface area contributed by atoms with Gasteiger partial charge in [0.1, 0.15) is 5.78 Å². The number of nitrogens with one attached hydrogen (secondary N) is 1. The largest absolute Gasteiger partial charge is 0.331 e. The van der Waals surface area contributed by atoms with E-state index in [9.17, 15) is 9.59 Å². The van der Waals surface area contributed by atoms with E-state index in [1.165, 1.54) is 0 Å². The number of hydrogen-bond donors (Lipinski definition) is 1. The van der Waals surface area contributed by atoms with E-state index >= 15 is 0 Å². The molecule has 5 heteroatoms. The zero-order valence-electron chi connectivity index (χ0n) is 14.2. The van der Waals surface area contributed by atoms with Gasteiger partial charge >= 0.3 is 6.03 Å². The molecule has 0 aromatic heterocycles. The van der Waals surface area contributed by atoms with Gasteiger partial charge in [-0.05, 0) is 52.5 Å². The normalized spacial score (nSPS) is 35.7. The Morgan fingerprint density at radius 1 is 1.18 bits per heavy atom. The van der Waals surface area contributed by atoms with E-state index in [0.29, 0.717) is 11.8 Å². The first-order valence-electron chi connectivity index (χ1n) is 8.62. The molecule has 2 amide bonds. The van der Waals surface area contributed by atoms with E-state index in [1.807, 2.05) is 0 Å². The lowest BCUT2D eigenvalue weighted by Crippen LogP contribution is -2.51. The van der Waals surface area contributed by atoms with Crippen LogP contribution >= 0.6 is 0 Å². The molecule has 3 fully saturated rings. The number of carbonyl (C=O) groups is 2. The fraction of sp³-hybridized carbons (Fsp3) is 0.882. The molecule has 1 aliphatic carbocycles. The Kier molecular flexibility index (Phi) is 3.96. The Balaban J connectivity index is 1.62. The maximum absolute atomic E-state index is 12.5. The van der Waals surface area contributed by atoms with Crippen molar-refractivity contribution in [3.63, 3.8) is 0 Å². The third-order valence-corrected chi connectivity index (χ3v) is 6.40. The minimum absolute atomic E-state index is 0.00901. The Morgan fingerprint density at radius 3 is 2.32 bits per heavy atom. The summed E-state index contributed by atoms with van der Waals surface area (Å²) in [6, 6.07) is 0.424. The number of likely N-dealkylation sites (tertiary alicyclic amines) is 1. The summed E-state index contributed by atoms with van der Waals surface area (Å²) in [6.45, 7) is 6.74. The average Bonchev–Trinajstić information content (AvgIpc) is 2.80. The van der Waals surface area contributed by atoms with Crippen molar-refractivity contribution < 1.29 is 9.59 Å². The lowest BCUT2D eigenvalue weighted by Gasteiger charge is -2.40. The lowest BCUT2D eigenvalue weighted by molar-refractivity contribution is -0.127. The van der Waals surface area contributed by atoms with Crippen LogP contribution < -0.4 is 5.32 Å². The number of Topliss-reactive ketones (excluding diaryl/α,β-unsaturated/α-hetero) is 1. The molecule has 5 nitrogen and oxygen atoms in total. The number of piperidine rings is 1. The Bertz CT molecular complexity index is 461. The second-order valence-corrected chi connectivity index (χ2v) is 7.99. The predicted molar refractivity (Wildman–Crippen MR) is 85.7 cm³/mol. The van der Waals surface area contributed by atoms with Crippen LogP contribution in [-0.4, -0.2) is 59.9 Å². The van der Waals surface area contributed by atoms with Crippen molar-refractivity contribution in [2.75, 3.05) is 26.7 Å². The maximum atomic E-state index is 12.5. The Hall–Kier alpha value is -1.10. The summed E-state index contributed by atoms with van der Waals surface area (Å²) in [4.78, 5) is 28.6. The number of carbonyl (C=O) groups excluding carboxylic acids is 2. The molecule has 0 bridgehead atoms. The molecule has 1 saturated carbocycles. The highest BCUT2D eigenvalue weighted by atomic mass is 16.2. The number of urea groups is 1. The summed E-state index contributed by atoms with van der Waals surface area (Å²) in [5.74, 6) is 0.295. The molecule has 22 heavy (non-hydrogen) atoms. The van der Waals surface area contributed by atoms with E-state index in [4.69, 9.17) is 0 Å². The highest BCUT2D eigenvalue weighted by Gasteiger charge is 2.47. The summed E-state index contributed by atoms with van der Waals surface area (Å²) in [5, 5.41) is 3.27. The monoisotopic (exact) mass is 307 g/mol. The van der Waals surface area contributed by atoms with Gasteiger partial charge in [0.05, 0.1) is 5.54 Å². The van der Waals surface area contributed by atoms with Gasteiger partial charge in [0, 0.05) is 31.1 Å². The third-order valence-electron chi connectivity index (χ3n) is 6.40. The van der Waals surface area contributed by atoms with Gasteiger partial charge in [-0.25, -0.2) is 4.79 Å². The molecule has 1 spiro atoms. The maximum Gasteiger partial charge on any atom is 0.318 e. The van der Waals surface area contributed by atoms with Crippen LogP contribution in [0.25, 0.3) is 0 Å². The number of rotatable bonds is 2. The van der Waals surface area contributed by atoms with Gasteiger partial charge in [-0.1, -0.05) is 6.92 Å². The van der Waals surface area contributed by atoms with E-state index in [-0.39, 0.29) is 17.0 Å². The molecule has 0 radical (unpaired) electrons. The van der Waals surface area contributed by atoms with Crippen LogP contribution in [0.4, 0.5) is 4.79 Å². The summed E-state index contributed by atoms with van der Waals surface area (Å²) >= 11 is 0. The molecule has 2 saturated heterocycles. The fourth-order valence-electron chi connectivity index (χ4n) is 4.26. The molecule has 0 unspecified atom stereocenters. The molecule has 3 rings (SSSR count). The van der Waals surface area contributed by atoms with E-state index in [0.717, 1.165) is 58.2 Å². The van der Waals surface area contributed by atoms with Crippen LogP contribution in [0.5, 0.6) is 0 Å². The molecule has 1 N–H and O–H groups in total. The van der Waals surface area contributed by atoms with Crippen LogP contribution in [0.15, 0.2) is 0 Å². The average molecular weight is 307 g/mol. The third kappa shape index (κ3) is 2.75. The number of amides is 2. The van der Waals surface area contributed by atoms with Crippen molar-refractivity contribution in [3.8, 4) is 0 Å². The van der Waals surface area contributed by atoms with E-state index < -0.39 is 0 Å². The zero-order valence-corrected chi connectivity index (χ0v) is 14.2.